The molecule has 0 spiro atoms. The summed E-state index contributed by atoms with van der Waals surface area (Å²) in [7, 11) is 0. The summed E-state index contributed by atoms with van der Waals surface area (Å²) in [5.41, 5.74) is 3.13. The highest BCUT2D eigenvalue weighted by Crippen LogP contribution is 2.35. The van der Waals surface area contributed by atoms with Gasteiger partial charge in [0.15, 0.2) is 0 Å². The molecule has 2 atom stereocenters. The Morgan fingerprint density at radius 2 is 1.80 bits per heavy atom. The fraction of sp³-hybridized carbons (Fsp3) is 0.536. The Labute approximate surface area is 208 Å². The van der Waals surface area contributed by atoms with Gasteiger partial charge in [0.1, 0.15) is 11.4 Å². The van der Waals surface area contributed by atoms with E-state index >= 15 is 0 Å². The number of aliphatic hydroxyl groups is 1. The highest BCUT2D eigenvalue weighted by atomic mass is 19.1. The van der Waals surface area contributed by atoms with Crippen LogP contribution in [0.25, 0.3) is 0 Å². The van der Waals surface area contributed by atoms with E-state index in [-0.39, 0.29) is 36.5 Å². The molecule has 2 heterocycles. The molecule has 0 aromatic heterocycles. The van der Waals surface area contributed by atoms with Crippen LogP contribution in [0, 0.1) is 11.7 Å². The van der Waals surface area contributed by atoms with Gasteiger partial charge in [0.05, 0.1) is 12.6 Å². The first kappa shape index (κ1) is 25.6. The minimum atomic E-state index is -0.503. The molecule has 2 aromatic rings. The third-order valence-electron chi connectivity index (χ3n) is 7.08. The van der Waals surface area contributed by atoms with E-state index < -0.39 is 5.60 Å². The lowest BCUT2D eigenvalue weighted by Crippen LogP contribution is -2.51. The van der Waals surface area contributed by atoms with Crippen LogP contribution in [0.5, 0.6) is 0 Å². The molecular formula is C28H38FN3O3. The monoisotopic (exact) mass is 483 g/mol. The van der Waals surface area contributed by atoms with Gasteiger partial charge in [-0.15, -0.1) is 0 Å². The first-order chi connectivity index (χ1) is 16.7. The lowest BCUT2D eigenvalue weighted by molar-refractivity contribution is 0.0152. The van der Waals surface area contributed by atoms with E-state index in [1.807, 2.05) is 32.9 Å². The zero-order valence-corrected chi connectivity index (χ0v) is 21.0. The van der Waals surface area contributed by atoms with Crippen molar-refractivity contribution in [3.8, 4) is 0 Å². The predicted octanol–water partition coefficient (Wildman–Crippen LogP) is 4.33. The number of amides is 1. The molecule has 7 heteroatoms. The fourth-order valence-electron chi connectivity index (χ4n) is 5.25. The molecule has 0 aliphatic carbocycles. The Balaban J connectivity index is 1.40. The zero-order valence-electron chi connectivity index (χ0n) is 21.0. The lowest BCUT2D eigenvalue weighted by atomic mass is 9.88. The highest BCUT2D eigenvalue weighted by Gasteiger charge is 2.32. The minimum absolute atomic E-state index is 0.0291. The maximum atomic E-state index is 13.6. The Kier molecular flexibility index (Phi) is 8.09. The standard InChI is InChI=1S/C28H38FN3O3/c1-28(2,3)35-27(34)31-15-13-21(14-16-31)25(18-33)30-19-32-17-12-20-6-4-5-7-24(20)26(32)22-8-10-23(29)11-9-22/h4-11,21,25-26,30,33H,12-19H2,1-3H3/t25?,26-/m0/s1. The molecule has 0 saturated carbocycles. The number of likely N-dealkylation sites (tertiary alicyclic amines) is 1. The quantitative estimate of drug-likeness (QED) is 0.640. The molecule has 0 bridgehead atoms. The van der Waals surface area contributed by atoms with Crippen molar-refractivity contribution < 1.29 is 19.0 Å². The molecule has 1 unspecified atom stereocenters. The average molecular weight is 484 g/mol. The first-order valence-corrected chi connectivity index (χ1v) is 12.6. The third kappa shape index (κ3) is 6.40. The summed E-state index contributed by atoms with van der Waals surface area (Å²) >= 11 is 0. The average Bonchev–Trinajstić information content (AvgIpc) is 2.84. The number of hydrogen-bond acceptors (Lipinski definition) is 5. The van der Waals surface area contributed by atoms with Crippen LogP contribution >= 0.6 is 0 Å². The van der Waals surface area contributed by atoms with Gasteiger partial charge in [-0.25, -0.2) is 9.18 Å². The number of fused-ring (bicyclic) bond motifs is 1. The number of carbonyl (C=O) groups excluding carboxylic acids is 1. The Hall–Kier alpha value is -2.48. The van der Waals surface area contributed by atoms with Gasteiger partial charge in [0.25, 0.3) is 0 Å². The predicted molar refractivity (Wildman–Crippen MR) is 135 cm³/mol. The zero-order chi connectivity index (χ0) is 25.0. The van der Waals surface area contributed by atoms with Gasteiger partial charge in [-0.05, 0) is 74.8 Å². The van der Waals surface area contributed by atoms with E-state index in [9.17, 15) is 14.3 Å². The molecule has 2 N–H and O–H groups in total. The maximum Gasteiger partial charge on any atom is 0.410 e. The summed E-state index contributed by atoms with van der Waals surface area (Å²) < 4.78 is 19.1. The van der Waals surface area contributed by atoms with Crippen LogP contribution in [0.1, 0.15) is 56.3 Å². The number of rotatable bonds is 6. The Bertz CT molecular complexity index is 984. The number of halogens is 1. The number of nitrogens with one attached hydrogen (secondary N) is 1. The van der Waals surface area contributed by atoms with Gasteiger partial charge in [-0.2, -0.15) is 0 Å². The van der Waals surface area contributed by atoms with E-state index in [0.29, 0.717) is 19.8 Å². The van der Waals surface area contributed by atoms with E-state index in [0.717, 1.165) is 31.4 Å². The van der Waals surface area contributed by atoms with Crippen LogP contribution in [0.15, 0.2) is 48.5 Å². The molecular weight excluding hydrogens is 445 g/mol. The van der Waals surface area contributed by atoms with Crippen molar-refractivity contribution >= 4 is 6.09 Å². The van der Waals surface area contributed by atoms with Crippen molar-refractivity contribution in [2.24, 2.45) is 5.92 Å². The van der Waals surface area contributed by atoms with Gasteiger partial charge in [0.2, 0.25) is 0 Å². The number of carbonyl (C=O) groups is 1. The van der Waals surface area contributed by atoms with Crippen molar-refractivity contribution in [2.45, 2.75) is 57.7 Å². The van der Waals surface area contributed by atoms with Crippen molar-refractivity contribution in [2.75, 3.05) is 32.9 Å². The lowest BCUT2D eigenvalue weighted by Gasteiger charge is -2.40. The fourth-order valence-corrected chi connectivity index (χ4v) is 5.25. The van der Waals surface area contributed by atoms with Crippen molar-refractivity contribution in [1.82, 2.24) is 15.1 Å². The summed E-state index contributed by atoms with van der Waals surface area (Å²) in [5.74, 6) is 0.0422. The van der Waals surface area contributed by atoms with Crippen LogP contribution in [0.4, 0.5) is 9.18 Å². The topological polar surface area (TPSA) is 65.0 Å². The highest BCUT2D eigenvalue weighted by molar-refractivity contribution is 5.68. The number of benzene rings is 2. The number of aliphatic hydroxyl groups excluding tert-OH is 1. The smallest absolute Gasteiger partial charge is 0.410 e. The minimum Gasteiger partial charge on any atom is -0.444 e. The second-order valence-corrected chi connectivity index (χ2v) is 10.7. The molecule has 35 heavy (non-hydrogen) atoms. The Morgan fingerprint density at radius 3 is 2.46 bits per heavy atom. The summed E-state index contributed by atoms with van der Waals surface area (Å²) in [6, 6.07) is 15.2. The van der Waals surface area contributed by atoms with Gasteiger partial charge >= 0.3 is 6.09 Å². The second-order valence-electron chi connectivity index (χ2n) is 10.7. The van der Waals surface area contributed by atoms with Gasteiger partial charge in [0, 0.05) is 32.3 Å². The molecule has 1 fully saturated rings. The SMILES string of the molecule is CC(C)(C)OC(=O)N1CCC(C(CO)NCN2CCc3ccccc3[C@@H]2c2ccc(F)cc2)CC1. The number of hydrogen-bond donors (Lipinski definition) is 2. The summed E-state index contributed by atoms with van der Waals surface area (Å²) in [6.45, 7) is 8.43. The maximum absolute atomic E-state index is 13.6. The van der Waals surface area contributed by atoms with Crippen LogP contribution in [-0.4, -0.2) is 65.6 Å². The summed E-state index contributed by atoms with van der Waals surface area (Å²) in [5, 5.41) is 13.8. The van der Waals surface area contributed by atoms with E-state index in [2.05, 4.69) is 34.5 Å². The molecule has 6 nitrogen and oxygen atoms in total. The van der Waals surface area contributed by atoms with Crippen LogP contribution in [-0.2, 0) is 11.2 Å². The van der Waals surface area contributed by atoms with Gasteiger partial charge in [-0.3, -0.25) is 10.2 Å². The molecule has 0 radical (unpaired) electrons. The Morgan fingerprint density at radius 1 is 1.11 bits per heavy atom. The first-order valence-electron chi connectivity index (χ1n) is 12.6. The molecule has 2 aliphatic heterocycles. The second kappa shape index (κ2) is 11.1. The van der Waals surface area contributed by atoms with Gasteiger partial charge < -0.3 is 14.7 Å². The van der Waals surface area contributed by atoms with Crippen molar-refractivity contribution in [1.29, 1.82) is 0 Å². The summed E-state index contributed by atoms with van der Waals surface area (Å²) in [4.78, 5) is 16.5. The van der Waals surface area contributed by atoms with E-state index in [4.69, 9.17) is 4.74 Å². The van der Waals surface area contributed by atoms with Crippen molar-refractivity contribution in [3.05, 3.63) is 71.0 Å². The van der Waals surface area contributed by atoms with Crippen molar-refractivity contribution in [3.63, 3.8) is 0 Å². The number of nitrogens with zero attached hydrogens (tertiary/aromatic N) is 2. The van der Waals surface area contributed by atoms with Gasteiger partial charge in [-0.1, -0.05) is 36.4 Å². The molecule has 2 aliphatic rings. The van der Waals surface area contributed by atoms with E-state index in [1.54, 1.807) is 4.90 Å². The van der Waals surface area contributed by atoms with E-state index in [1.165, 1.54) is 23.3 Å². The number of piperidine rings is 1. The molecule has 4 rings (SSSR count). The van der Waals surface area contributed by atoms with Crippen LogP contribution in [0.2, 0.25) is 0 Å². The largest absolute Gasteiger partial charge is 0.444 e. The molecule has 2 aromatic carbocycles. The molecule has 1 amide bonds. The molecule has 190 valence electrons. The summed E-state index contributed by atoms with van der Waals surface area (Å²) in [6.07, 6.45) is 2.33. The third-order valence-corrected chi connectivity index (χ3v) is 7.08. The van der Waals surface area contributed by atoms with Crippen LogP contribution < -0.4 is 5.32 Å². The normalized spacial score (nSPS) is 20.4. The van der Waals surface area contributed by atoms with Crippen LogP contribution in [0.3, 0.4) is 0 Å². The number of ether oxygens (including phenoxy) is 1. The molecule has 1 saturated heterocycles.